The molecule has 0 aliphatic carbocycles. The van der Waals surface area contributed by atoms with E-state index in [0.717, 1.165) is 36.1 Å². The first-order chi connectivity index (χ1) is 17.3. The number of hydrogen-bond acceptors (Lipinski definition) is 6. The maximum absolute atomic E-state index is 13.5. The number of carbonyl (C=O) groups is 2. The Morgan fingerprint density at radius 1 is 1.08 bits per heavy atom. The number of hydrogen-bond donors (Lipinski definition) is 2. The van der Waals surface area contributed by atoms with Gasteiger partial charge < -0.3 is 20.5 Å². The lowest BCUT2D eigenvalue weighted by Crippen LogP contribution is -2.50. The van der Waals surface area contributed by atoms with E-state index in [4.69, 9.17) is 20.2 Å². The minimum absolute atomic E-state index is 0.0264. The van der Waals surface area contributed by atoms with Gasteiger partial charge in [-0.1, -0.05) is 12.1 Å². The summed E-state index contributed by atoms with van der Waals surface area (Å²) in [5.74, 6) is 1.54. The Hall–Kier alpha value is -3.55. The van der Waals surface area contributed by atoms with E-state index in [9.17, 15) is 9.59 Å². The molecule has 0 saturated heterocycles. The Balaban J connectivity index is 1.44. The Kier molecular flexibility index (Phi) is 5.43. The van der Waals surface area contributed by atoms with Crippen molar-refractivity contribution in [3.63, 3.8) is 0 Å². The second-order valence-corrected chi connectivity index (χ2v) is 10.9. The van der Waals surface area contributed by atoms with Crippen molar-refractivity contribution in [2.45, 2.75) is 76.1 Å². The van der Waals surface area contributed by atoms with Crippen LogP contribution in [0.1, 0.15) is 85.1 Å². The van der Waals surface area contributed by atoms with Gasteiger partial charge in [0.1, 0.15) is 17.1 Å². The van der Waals surface area contributed by atoms with E-state index < -0.39 is 5.60 Å². The number of nitrogens with one attached hydrogen (secondary N) is 1. The number of guanidine groups is 1. The molecule has 2 amide bonds. The Morgan fingerprint density at radius 2 is 1.92 bits per heavy atom. The Bertz CT molecular complexity index is 1270. The lowest BCUT2D eigenvalue weighted by Gasteiger charge is -2.38. The number of aryl methyl sites for hydroxylation is 1. The van der Waals surface area contributed by atoms with Gasteiger partial charge in [0.2, 0.25) is 5.91 Å². The molecule has 0 aromatic heterocycles. The quantitative estimate of drug-likeness (QED) is 0.587. The highest BCUT2D eigenvalue weighted by Crippen LogP contribution is 2.41. The first-order valence-corrected chi connectivity index (χ1v) is 12.8. The predicted molar refractivity (Wildman–Crippen MR) is 135 cm³/mol. The summed E-state index contributed by atoms with van der Waals surface area (Å²) in [6.07, 6.45) is 4.12. The molecule has 5 heterocycles. The van der Waals surface area contributed by atoms with Crippen molar-refractivity contribution in [3.05, 3.63) is 58.7 Å². The van der Waals surface area contributed by atoms with Gasteiger partial charge in [-0.25, -0.2) is 4.99 Å². The highest BCUT2D eigenvalue weighted by atomic mass is 16.5. The molecule has 2 aromatic rings. The number of amides is 2. The van der Waals surface area contributed by atoms with Crippen LogP contribution in [0.3, 0.4) is 0 Å². The largest absolute Gasteiger partial charge is 0.493 e. The van der Waals surface area contributed by atoms with E-state index in [0.29, 0.717) is 37.2 Å². The van der Waals surface area contributed by atoms with Crippen LogP contribution in [0, 0.1) is 0 Å². The normalized spacial score (nSPS) is 26.8. The first kappa shape index (κ1) is 22.9. The van der Waals surface area contributed by atoms with Crippen LogP contribution in [0.15, 0.2) is 41.4 Å². The average Bonchev–Trinajstić information content (AvgIpc) is 2.83. The van der Waals surface area contributed by atoms with Gasteiger partial charge in [0.25, 0.3) is 5.91 Å². The van der Waals surface area contributed by atoms with Crippen molar-refractivity contribution < 1.29 is 19.1 Å². The van der Waals surface area contributed by atoms with Crippen LogP contribution >= 0.6 is 0 Å². The van der Waals surface area contributed by atoms with Gasteiger partial charge in [0.15, 0.2) is 5.96 Å². The fourth-order valence-electron chi connectivity index (χ4n) is 5.98. The van der Waals surface area contributed by atoms with Crippen LogP contribution in [0.4, 0.5) is 0 Å². The molecule has 36 heavy (non-hydrogen) atoms. The Labute approximate surface area is 210 Å². The van der Waals surface area contributed by atoms with Crippen LogP contribution in [0.2, 0.25) is 0 Å². The summed E-state index contributed by atoms with van der Waals surface area (Å²) in [5, 5.41) is 3.26. The van der Waals surface area contributed by atoms with E-state index in [1.54, 1.807) is 11.0 Å². The minimum atomic E-state index is -0.401. The van der Waals surface area contributed by atoms with Gasteiger partial charge in [0.05, 0.1) is 24.7 Å². The molecule has 3 atom stereocenters. The highest BCUT2D eigenvalue weighted by Gasteiger charge is 2.38. The summed E-state index contributed by atoms with van der Waals surface area (Å²) in [4.78, 5) is 33.1. The second kappa shape index (κ2) is 8.54. The number of rotatable bonds is 0. The molecule has 0 saturated carbocycles. The summed E-state index contributed by atoms with van der Waals surface area (Å²) in [7, 11) is 0. The summed E-state index contributed by atoms with van der Waals surface area (Å²) < 4.78 is 12.1. The third-order valence-corrected chi connectivity index (χ3v) is 7.67. The fourth-order valence-corrected chi connectivity index (χ4v) is 5.98. The molecule has 8 heteroatoms. The summed E-state index contributed by atoms with van der Waals surface area (Å²) in [5.41, 5.74) is 9.46. The third-order valence-electron chi connectivity index (χ3n) is 7.67. The van der Waals surface area contributed by atoms with E-state index in [-0.39, 0.29) is 35.9 Å². The van der Waals surface area contributed by atoms with E-state index in [2.05, 4.69) is 17.4 Å². The van der Waals surface area contributed by atoms with Crippen molar-refractivity contribution in [1.29, 1.82) is 0 Å². The number of carbonyl (C=O) groups excluding carboxylic acids is 2. The molecule has 188 valence electrons. The topological polar surface area (TPSA) is 106 Å². The molecule has 2 unspecified atom stereocenters. The third kappa shape index (κ3) is 4.08. The molecular weight excluding hydrogens is 456 g/mol. The zero-order valence-electron chi connectivity index (χ0n) is 20.8. The summed E-state index contributed by atoms with van der Waals surface area (Å²) in [6, 6.07) is 11.1. The SMILES string of the molecule is CC1(C)CC2NC(=O)c3ccc4c(c3)[C@@H](CCO4)N3C(=O)CC(CCCc4ccc(c2c4)O1)N=C3N. The van der Waals surface area contributed by atoms with Crippen LogP contribution in [-0.2, 0) is 11.2 Å². The first-order valence-electron chi connectivity index (χ1n) is 12.8. The van der Waals surface area contributed by atoms with Gasteiger partial charge in [-0.3, -0.25) is 14.5 Å². The smallest absolute Gasteiger partial charge is 0.251 e. The lowest BCUT2D eigenvalue weighted by atomic mass is 9.88. The molecule has 2 aromatic carbocycles. The standard InChI is InChI=1S/C28H32N4O4/c1-28(2)15-21-19-12-16(6-8-24(19)36-28)4-3-5-18-14-25(33)32(27(29)30-18)22-10-11-35-23-9-7-17(13-20(22)23)26(34)31-21/h6-9,12-13,18,21-22H,3-5,10-11,14-15H2,1-2H3,(H2,29,30)(H,31,34)/t18?,21?,22-/m1/s1. The number of nitrogens with two attached hydrogens (primary N) is 1. The zero-order valence-corrected chi connectivity index (χ0v) is 20.8. The molecule has 5 aliphatic rings. The number of benzene rings is 2. The maximum Gasteiger partial charge on any atom is 0.251 e. The molecule has 0 radical (unpaired) electrons. The Morgan fingerprint density at radius 3 is 2.75 bits per heavy atom. The molecule has 0 fully saturated rings. The monoisotopic (exact) mass is 488 g/mol. The number of ether oxygens (including phenoxy) is 2. The highest BCUT2D eigenvalue weighted by molar-refractivity contribution is 5.99. The van der Waals surface area contributed by atoms with E-state index >= 15 is 0 Å². The molecule has 7 rings (SSSR count). The minimum Gasteiger partial charge on any atom is -0.493 e. The average molecular weight is 489 g/mol. The van der Waals surface area contributed by atoms with Crippen LogP contribution in [0.25, 0.3) is 0 Å². The fraction of sp³-hybridized carbons (Fsp3) is 0.464. The van der Waals surface area contributed by atoms with Gasteiger partial charge in [-0.2, -0.15) is 0 Å². The van der Waals surface area contributed by atoms with Crippen molar-refractivity contribution in [1.82, 2.24) is 10.2 Å². The lowest BCUT2D eigenvalue weighted by molar-refractivity contribution is -0.130. The van der Waals surface area contributed by atoms with Crippen molar-refractivity contribution in [2.75, 3.05) is 6.61 Å². The van der Waals surface area contributed by atoms with E-state index in [1.165, 1.54) is 5.56 Å². The zero-order chi connectivity index (χ0) is 25.0. The summed E-state index contributed by atoms with van der Waals surface area (Å²) in [6.45, 7) is 4.56. The van der Waals surface area contributed by atoms with E-state index in [1.807, 2.05) is 32.0 Å². The second-order valence-electron chi connectivity index (χ2n) is 10.9. The number of nitrogens with zero attached hydrogens (tertiary/aromatic N) is 2. The van der Waals surface area contributed by atoms with Gasteiger partial charge in [0, 0.05) is 36.0 Å². The summed E-state index contributed by atoms with van der Waals surface area (Å²) >= 11 is 0. The maximum atomic E-state index is 13.5. The predicted octanol–water partition coefficient (Wildman–Crippen LogP) is 3.79. The molecule has 8 nitrogen and oxygen atoms in total. The van der Waals surface area contributed by atoms with Crippen molar-refractivity contribution in [3.8, 4) is 11.5 Å². The molecule has 0 spiro atoms. The van der Waals surface area contributed by atoms with Crippen LogP contribution in [0.5, 0.6) is 11.5 Å². The molecule has 5 aliphatic heterocycles. The van der Waals surface area contributed by atoms with Gasteiger partial charge in [-0.15, -0.1) is 0 Å². The number of fused-ring (bicyclic) bond motifs is 4. The van der Waals surface area contributed by atoms with Crippen molar-refractivity contribution in [2.24, 2.45) is 10.7 Å². The van der Waals surface area contributed by atoms with Gasteiger partial charge in [-0.05, 0) is 62.9 Å². The number of aliphatic imine (C=N–C) groups is 1. The van der Waals surface area contributed by atoms with Crippen LogP contribution in [-0.4, -0.2) is 40.9 Å². The molecule has 3 N–H and O–H groups in total. The molecular formula is C28H32N4O4. The van der Waals surface area contributed by atoms with Crippen molar-refractivity contribution >= 4 is 17.8 Å². The molecule has 6 bridgehead atoms. The van der Waals surface area contributed by atoms with Gasteiger partial charge >= 0.3 is 0 Å². The van der Waals surface area contributed by atoms with Crippen LogP contribution < -0.4 is 20.5 Å².